The van der Waals surface area contributed by atoms with Gasteiger partial charge >= 0.3 is 5.69 Å². The first-order valence-corrected chi connectivity index (χ1v) is 7.51. The lowest BCUT2D eigenvalue weighted by atomic mass is 10.2. The monoisotopic (exact) mass is 291 g/mol. The van der Waals surface area contributed by atoms with Crippen LogP contribution in [-0.2, 0) is 6.42 Å². The summed E-state index contributed by atoms with van der Waals surface area (Å²) in [6.45, 7) is 2.63. The maximum atomic E-state index is 11.7. The van der Waals surface area contributed by atoms with Crippen molar-refractivity contribution in [3.63, 3.8) is 0 Å². The number of aryl methyl sites for hydroxylation is 1. The van der Waals surface area contributed by atoms with Crippen LogP contribution in [0.15, 0.2) is 27.2 Å². The molecule has 0 spiro atoms. The molecular weight excluding hydrogens is 274 g/mol. The average Bonchev–Trinajstić information content (AvgIpc) is 3.18. The van der Waals surface area contributed by atoms with E-state index >= 15 is 0 Å². The first-order chi connectivity index (χ1) is 9.69. The zero-order chi connectivity index (χ0) is 14.1. The van der Waals surface area contributed by atoms with Gasteiger partial charge in [-0.15, -0.1) is 5.10 Å². The Morgan fingerprint density at radius 2 is 2.35 bits per heavy atom. The van der Waals surface area contributed by atoms with Gasteiger partial charge in [0.1, 0.15) is 5.03 Å². The van der Waals surface area contributed by atoms with Gasteiger partial charge in [0.25, 0.3) is 0 Å². The van der Waals surface area contributed by atoms with Gasteiger partial charge in [0.05, 0.1) is 0 Å². The third-order valence-electron chi connectivity index (χ3n) is 3.29. The van der Waals surface area contributed by atoms with Crippen LogP contribution in [0.1, 0.15) is 30.0 Å². The Morgan fingerprint density at radius 3 is 3.00 bits per heavy atom. The number of hydrogen-bond donors (Lipinski definition) is 2. The molecular formula is C13H17N5OS. The normalized spacial score (nSPS) is 14.7. The summed E-state index contributed by atoms with van der Waals surface area (Å²) in [6.07, 6.45) is 4.77. The number of H-pyrrole nitrogens is 1. The van der Waals surface area contributed by atoms with Gasteiger partial charge in [0.15, 0.2) is 5.16 Å². The van der Waals surface area contributed by atoms with Crippen LogP contribution in [0.5, 0.6) is 0 Å². The second-order valence-electron chi connectivity index (χ2n) is 5.02. The summed E-state index contributed by atoms with van der Waals surface area (Å²) < 4.78 is 1.74. The molecule has 1 fully saturated rings. The number of nitrogens with one attached hydrogen (secondary N) is 1. The molecule has 2 aromatic heterocycles. The number of hydrogen-bond acceptors (Lipinski definition) is 5. The summed E-state index contributed by atoms with van der Waals surface area (Å²) in [7, 11) is 0. The average molecular weight is 291 g/mol. The van der Waals surface area contributed by atoms with E-state index in [2.05, 4.69) is 21.2 Å². The number of aromatic nitrogens is 4. The Labute approximate surface area is 120 Å². The molecule has 3 rings (SSSR count). The Morgan fingerprint density at radius 1 is 1.55 bits per heavy atom. The molecule has 1 aliphatic rings. The minimum absolute atomic E-state index is 0.132. The van der Waals surface area contributed by atoms with Gasteiger partial charge in [0.2, 0.25) is 0 Å². The largest absolute Gasteiger partial charge is 0.344 e. The molecule has 6 nitrogen and oxygen atoms in total. The Balaban J connectivity index is 1.86. The Kier molecular flexibility index (Phi) is 3.62. The van der Waals surface area contributed by atoms with E-state index in [1.807, 2.05) is 13.1 Å². The van der Waals surface area contributed by atoms with Crippen LogP contribution >= 0.6 is 11.8 Å². The molecule has 7 heteroatoms. The van der Waals surface area contributed by atoms with E-state index < -0.39 is 0 Å². The Hall–Kier alpha value is -1.60. The smallest absolute Gasteiger partial charge is 0.330 e. The molecule has 0 aromatic carbocycles. The van der Waals surface area contributed by atoms with Crippen molar-refractivity contribution in [2.24, 2.45) is 5.73 Å². The highest BCUT2D eigenvalue weighted by atomic mass is 32.2. The predicted octanol–water partition coefficient (Wildman–Crippen LogP) is 1.26. The third kappa shape index (κ3) is 2.64. The standard InChI is InChI=1S/C13H17N5OS/c1-8-6-9(4-5-14)7-15-11(8)20-13-17-16-12(19)18(13)10-2-3-10/h6-7,10H,2-5,14H2,1H3,(H,16,19). The van der Waals surface area contributed by atoms with Gasteiger partial charge < -0.3 is 5.73 Å². The van der Waals surface area contributed by atoms with Crippen molar-refractivity contribution in [3.05, 3.63) is 33.9 Å². The topological polar surface area (TPSA) is 89.6 Å². The fraction of sp³-hybridized carbons (Fsp3) is 0.462. The SMILES string of the molecule is Cc1cc(CCN)cnc1Sc1n[nH]c(=O)n1C1CC1. The second kappa shape index (κ2) is 5.41. The van der Waals surface area contributed by atoms with Crippen LogP contribution < -0.4 is 11.4 Å². The van der Waals surface area contributed by atoms with Gasteiger partial charge in [-0.2, -0.15) is 0 Å². The highest BCUT2D eigenvalue weighted by Crippen LogP contribution is 2.37. The zero-order valence-corrected chi connectivity index (χ0v) is 12.1. The lowest BCUT2D eigenvalue weighted by Crippen LogP contribution is -2.16. The summed E-state index contributed by atoms with van der Waals surface area (Å²) in [5.74, 6) is 0. The lowest BCUT2D eigenvalue weighted by Gasteiger charge is -2.07. The first kappa shape index (κ1) is 13.4. The third-order valence-corrected chi connectivity index (χ3v) is 4.38. The molecule has 0 atom stereocenters. The number of aromatic amines is 1. The summed E-state index contributed by atoms with van der Waals surface area (Å²) in [5.41, 5.74) is 7.64. The van der Waals surface area contributed by atoms with Crippen molar-refractivity contribution in [2.45, 2.75) is 42.4 Å². The minimum atomic E-state index is -0.132. The number of pyridine rings is 1. The zero-order valence-electron chi connectivity index (χ0n) is 11.3. The van der Waals surface area contributed by atoms with Gasteiger partial charge in [-0.1, -0.05) is 6.07 Å². The quantitative estimate of drug-likeness (QED) is 0.865. The lowest BCUT2D eigenvalue weighted by molar-refractivity contribution is 0.642. The van der Waals surface area contributed by atoms with Crippen molar-refractivity contribution in [2.75, 3.05) is 6.54 Å². The van der Waals surface area contributed by atoms with Crippen LogP contribution in [0.4, 0.5) is 0 Å². The molecule has 1 saturated carbocycles. The molecule has 106 valence electrons. The molecule has 20 heavy (non-hydrogen) atoms. The first-order valence-electron chi connectivity index (χ1n) is 6.69. The van der Waals surface area contributed by atoms with Crippen LogP contribution in [0.3, 0.4) is 0 Å². The molecule has 0 unspecified atom stereocenters. The fourth-order valence-electron chi connectivity index (χ4n) is 2.13. The molecule has 0 radical (unpaired) electrons. The van der Waals surface area contributed by atoms with Gasteiger partial charge in [-0.25, -0.2) is 14.9 Å². The summed E-state index contributed by atoms with van der Waals surface area (Å²) in [4.78, 5) is 16.2. The summed E-state index contributed by atoms with van der Waals surface area (Å²) in [6, 6.07) is 2.40. The summed E-state index contributed by atoms with van der Waals surface area (Å²) in [5, 5.41) is 8.20. The highest BCUT2D eigenvalue weighted by Gasteiger charge is 2.29. The van der Waals surface area contributed by atoms with Crippen molar-refractivity contribution in [3.8, 4) is 0 Å². The van der Waals surface area contributed by atoms with Crippen molar-refractivity contribution in [1.82, 2.24) is 19.7 Å². The minimum Gasteiger partial charge on any atom is -0.330 e. The van der Waals surface area contributed by atoms with E-state index in [0.717, 1.165) is 35.4 Å². The van der Waals surface area contributed by atoms with Crippen LogP contribution in [0.2, 0.25) is 0 Å². The number of rotatable bonds is 5. The molecule has 3 N–H and O–H groups in total. The van der Waals surface area contributed by atoms with E-state index in [1.54, 1.807) is 4.57 Å². The molecule has 0 aliphatic heterocycles. The van der Waals surface area contributed by atoms with Crippen LogP contribution in [0.25, 0.3) is 0 Å². The number of nitrogens with zero attached hydrogens (tertiary/aromatic N) is 3. The van der Waals surface area contributed by atoms with Crippen molar-refractivity contribution in [1.29, 1.82) is 0 Å². The molecule has 0 amide bonds. The van der Waals surface area contributed by atoms with E-state index in [1.165, 1.54) is 11.8 Å². The van der Waals surface area contributed by atoms with Crippen LogP contribution in [0, 0.1) is 6.92 Å². The van der Waals surface area contributed by atoms with E-state index in [0.29, 0.717) is 17.7 Å². The maximum Gasteiger partial charge on any atom is 0.344 e. The fourth-order valence-corrected chi connectivity index (χ4v) is 3.05. The molecule has 0 saturated heterocycles. The van der Waals surface area contributed by atoms with Gasteiger partial charge in [-0.05, 0) is 55.6 Å². The molecule has 1 aliphatic carbocycles. The van der Waals surface area contributed by atoms with Crippen molar-refractivity contribution >= 4 is 11.8 Å². The van der Waals surface area contributed by atoms with E-state index in [9.17, 15) is 4.79 Å². The van der Waals surface area contributed by atoms with Gasteiger partial charge in [-0.3, -0.25) is 4.57 Å². The molecule has 2 heterocycles. The van der Waals surface area contributed by atoms with Gasteiger partial charge in [0, 0.05) is 12.2 Å². The van der Waals surface area contributed by atoms with Crippen LogP contribution in [-0.4, -0.2) is 26.3 Å². The predicted molar refractivity (Wildman–Crippen MR) is 77.0 cm³/mol. The Bertz CT molecular complexity index is 674. The summed E-state index contributed by atoms with van der Waals surface area (Å²) >= 11 is 1.44. The number of nitrogens with two attached hydrogens (primary N) is 1. The second-order valence-corrected chi connectivity index (χ2v) is 5.97. The van der Waals surface area contributed by atoms with E-state index in [4.69, 9.17) is 5.73 Å². The molecule has 2 aromatic rings. The molecule has 0 bridgehead atoms. The maximum absolute atomic E-state index is 11.7. The highest BCUT2D eigenvalue weighted by molar-refractivity contribution is 7.99. The van der Waals surface area contributed by atoms with E-state index in [-0.39, 0.29) is 5.69 Å². The van der Waals surface area contributed by atoms with Crippen molar-refractivity contribution < 1.29 is 0 Å².